The van der Waals surface area contributed by atoms with Gasteiger partial charge >= 0.3 is 19.8 Å². The summed E-state index contributed by atoms with van der Waals surface area (Å²) in [4.78, 5) is 34.9. The first-order chi connectivity index (χ1) is 26.3. The van der Waals surface area contributed by atoms with Crippen molar-refractivity contribution in [3.8, 4) is 0 Å². The molecule has 0 bridgehead atoms. The van der Waals surface area contributed by atoms with Crippen LogP contribution in [0.25, 0.3) is 0 Å². The average Bonchev–Trinajstić information content (AvgIpc) is 3.16. The second kappa shape index (κ2) is 41.1. The molecular formula is C44H84NO8P. The smallest absolute Gasteiger partial charge is 0.462 e. The number of ether oxygens (including phenoxy) is 2. The van der Waals surface area contributed by atoms with Crippen molar-refractivity contribution in [2.24, 2.45) is 5.73 Å². The highest BCUT2D eigenvalue weighted by Gasteiger charge is 2.26. The Hall–Kier alpha value is -1.51. The molecule has 9 nitrogen and oxygen atoms in total. The van der Waals surface area contributed by atoms with Crippen LogP contribution in [0.3, 0.4) is 0 Å². The van der Waals surface area contributed by atoms with Crippen LogP contribution in [-0.2, 0) is 32.7 Å². The molecule has 54 heavy (non-hydrogen) atoms. The van der Waals surface area contributed by atoms with Crippen molar-refractivity contribution in [3.63, 3.8) is 0 Å². The van der Waals surface area contributed by atoms with E-state index in [9.17, 15) is 19.0 Å². The van der Waals surface area contributed by atoms with Crippen molar-refractivity contribution in [2.75, 3.05) is 26.4 Å². The number of nitrogens with two attached hydrogens (primary N) is 1. The maximum atomic E-state index is 12.6. The van der Waals surface area contributed by atoms with Gasteiger partial charge in [-0.05, 0) is 44.9 Å². The van der Waals surface area contributed by atoms with Gasteiger partial charge in [-0.25, -0.2) is 4.57 Å². The third-order valence-electron chi connectivity index (χ3n) is 9.59. The second-order valence-corrected chi connectivity index (χ2v) is 16.4. The largest absolute Gasteiger partial charge is 0.472 e. The van der Waals surface area contributed by atoms with E-state index >= 15 is 0 Å². The summed E-state index contributed by atoms with van der Waals surface area (Å²) in [5.41, 5.74) is 5.35. The fourth-order valence-corrected chi connectivity index (χ4v) is 7.02. The molecule has 1 unspecified atom stereocenters. The van der Waals surface area contributed by atoms with E-state index in [-0.39, 0.29) is 38.6 Å². The van der Waals surface area contributed by atoms with Gasteiger partial charge in [-0.3, -0.25) is 18.6 Å². The molecule has 0 amide bonds. The number of hydrogen-bond donors (Lipinski definition) is 2. The summed E-state index contributed by atoms with van der Waals surface area (Å²) < 4.78 is 32.8. The Labute approximate surface area is 332 Å². The number of unbranched alkanes of at least 4 members (excludes halogenated alkanes) is 25. The first kappa shape index (κ1) is 52.5. The van der Waals surface area contributed by atoms with E-state index in [1.807, 2.05) is 0 Å². The maximum absolute atomic E-state index is 12.6. The summed E-state index contributed by atoms with van der Waals surface area (Å²) in [5.74, 6) is -0.825. The molecule has 0 radical (unpaired) electrons. The van der Waals surface area contributed by atoms with Gasteiger partial charge in [0, 0.05) is 19.4 Å². The number of hydrogen-bond acceptors (Lipinski definition) is 8. The molecule has 3 N–H and O–H groups in total. The van der Waals surface area contributed by atoms with Crippen LogP contribution in [0.2, 0.25) is 0 Å². The molecule has 318 valence electrons. The molecule has 0 aliphatic rings. The molecule has 0 spiro atoms. The fraction of sp³-hybridized carbons (Fsp3) is 0.864. The SMILES string of the molecule is CCCCC/C=C\C/C=C\CCCCCCCCCCCC(=O)OC[C@H](COP(=O)(O)OCCN)OC(=O)CCCCCCCCCCCCCCCC. The fourth-order valence-electron chi connectivity index (χ4n) is 6.25. The van der Waals surface area contributed by atoms with Gasteiger partial charge in [0.1, 0.15) is 6.61 Å². The van der Waals surface area contributed by atoms with Crippen LogP contribution >= 0.6 is 7.82 Å². The summed E-state index contributed by atoms with van der Waals surface area (Å²) in [6.45, 7) is 3.72. The minimum atomic E-state index is -4.37. The Morgan fingerprint density at radius 3 is 1.44 bits per heavy atom. The van der Waals surface area contributed by atoms with Gasteiger partial charge in [-0.1, -0.05) is 179 Å². The number of esters is 2. The molecule has 0 saturated carbocycles. The molecule has 0 saturated heterocycles. The molecule has 0 heterocycles. The lowest BCUT2D eigenvalue weighted by Crippen LogP contribution is -2.29. The van der Waals surface area contributed by atoms with E-state index in [0.29, 0.717) is 6.42 Å². The van der Waals surface area contributed by atoms with Crippen LogP contribution in [0.4, 0.5) is 0 Å². The molecule has 0 aliphatic heterocycles. The van der Waals surface area contributed by atoms with Gasteiger partial charge < -0.3 is 20.1 Å². The molecule has 0 rings (SSSR count). The minimum absolute atomic E-state index is 0.0546. The van der Waals surface area contributed by atoms with E-state index in [4.69, 9.17) is 24.3 Å². The number of allylic oxidation sites excluding steroid dienone is 4. The standard InChI is InChI=1S/C44H84NO8P/c1-3-5-7-9-11-13-15-17-19-20-21-22-23-25-26-28-30-32-34-36-43(46)50-40-42(41-52-54(48,49)51-39-38-45)53-44(47)37-35-33-31-29-27-24-18-16-14-12-10-8-6-4-2/h11,13,17,19,42H,3-10,12,14-16,18,20-41,45H2,1-2H3,(H,48,49)/b13-11-,19-17-/t42-/m1/s1. The monoisotopic (exact) mass is 786 g/mol. The van der Waals surface area contributed by atoms with E-state index in [2.05, 4.69) is 38.2 Å². The Morgan fingerprint density at radius 2 is 0.963 bits per heavy atom. The Balaban J connectivity index is 4.10. The van der Waals surface area contributed by atoms with Crippen molar-refractivity contribution < 1.29 is 37.6 Å². The van der Waals surface area contributed by atoms with Crippen molar-refractivity contribution in [1.82, 2.24) is 0 Å². The maximum Gasteiger partial charge on any atom is 0.472 e. The lowest BCUT2D eigenvalue weighted by Gasteiger charge is -2.19. The number of carbonyl (C=O) groups excluding carboxylic acids is 2. The van der Waals surface area contributed by atoms with Crippen LogP contribution in [0.1, 0.15) is 213 Å². The van der Waals surface area contributed by atoms with Crippen LogP contribution in [0.5, 0.6) is 0 Å². The van der Waals surface area contributed by atoms with Gasteiger partial charge in [0.25, 0.3) is 0 Å². The summed E-state index contributed by atoms with van der Waals surface area (Å²) in [6.07, 6.45) is 43.4. The summed E-state index contributed by atoms with van der Waals surface area (Å²) >= 11 is 0. The predicted octanol–water partition coefficient (Wildman–Crippen LogP) is 12.8. The lowest BCUT2D eigenvalue weighted by atomic mass is 10.0. The molecule has 10 heteroatoms. The Kier molecular flexibility index (Phi) is 40.0. The molecule has 2 atom stereocenters. The molecule has 0 aliphatic carbocycles. The van der Waals surface area contributed by atoms with Crippen molar-refractivity contribution in [1.29, 1.82) is 0 Å². The zero-order chi connectivity index (χ0) is 39.6. The van der Waals surface area contributed by atoms with Gasteiger partial charge in [-0.2, -0.15) is 0 Å². The first-order valence-corrected chi connectivity index (χ1v) is 23.8. The van der Waals surface area contributed by atoms with E-state index in [1.165, 1.54) is 141 Å². The summed E-state index contributed by atoms with van der Waals surface area (Å²) in [6, 6.07) is 0. The number of phosphoric acid groups is 1. The number of phosphoric ester groups is 1. The zero-order valence-electron chi connectivity index (χ0n) is 35.0. The molecule has 0 aromatic rings. The summed E-state index contributed by atoms with van der Waals surface area (Å²) in [5, 5.41) is 0. The third kappa shape index (κ3) is 40.2. The molecule has 0 aromatic carbocycles. The van der Waals surface area contributed by atoms with Crippen LogP contribution in [0, 0.1) is 0 Å². The Bertz CT molecular complexity index is 944. The van der Waals surface area contributed by atoms with E-state index in [0.717, 1.165) is 38.5 Å². The van der Waals surface area contributed by atoms with Gasteiger partial charge in [0.2, 0.25) is 0 Å². The summed E-state index contributed by atoms with van der Waals surface area (Å²) in [7, 11) is -4.37. The topological polar surface area (TPSA) is 134 Å². The van der Waals surface area contributed by atoms with Crippen LogP contribution in [0.15, 0.2) is 24.3 Å². The normalized spacial score (nSPS) is 13.5. The van der Waals surface area contributed by atoms with Crippen LogP contribution < -0.4 is 5.73 Å². The molecular weight excluding hydrogens is 701 g/mol. The molecule has 0 fully saturated rings. The number of rotatable bonds is 42. The zero-order valence-corrected chi connectivity index (χ0v) is 35.9. The minimum Gasteiger partial charge on any atom is -0.462 e. The van der Waals surface area contributed by atoms with E-state index < -0.39 is 26.5 Å². The van der Waals surface area contributed by atoms with Crippen molar-refractivity contribution in [2.45, 2.75) is 219 Å². The lowest BCUT2D eigenvalue weighted by molar-refractivity contribution is -0.161. The van der Waals surface area contributed by atoms with Gasteiger partial charge in [-0.15, -0.1) is 0 Å². The van der Waals surface area contributed by atoms with Gasteiger partial charge in [0.05, 0.1) is 13.2 Å². The Morgan fingerprint density at radius 1 is 0.556 bits per heavy atom. The second-order valence-electron chi connectivity index (χ2n) is 14.9. The highest BCUT2D eigenvalue weighted by molar-refractivity contribution is 7.47. The highest BCUT2D eigenvalue weighted by Crippen LogP contribution is 2.43. The average molecular weight is 786 g/mol. The van der Waals surface area contributed by atoms with Crippen LogP contribution in [-0.4, -0.2) is 49.3 Å². The predicted molar refractivity (Wildman–Crippen MR) is 224 cm³/mol. The van der Waals surface area contributed by atoms with Crippen molar-refractivity contribution >= 4 is 19.8 Å². The molecule has 0 aromatic heterocycles. The van der Waals surface area contributed by atoms with Gasteiger partial charge in [0.15, 0.2) is 6.10 Å². The first-order valence-electron chi connectivity index (χ1n) is 22.3. The van der Waals surface area contributed by atoms with E-state index in [1.54, 1.807) is 0 Å². The quantitative estimate of drug-likeness (QED) is 0.0268. The highest BCUT2D eigenvalue weighted by atomic mass is 31.2. The third-order valence-corrected chi connectivity index (χ3v) is 10.6. The van der Waals surface area contributed by atoms with Crippen molar-refractivity contribution in [3.05, 3.63) is 24.3 Å². The number of carbonyl (C=O) groups is 2.